The number of nitrogens with zero attached hydrogens (tertiary/aromatic N) is 1. The fraction of sp³-hybridized carbons (Fsp3) is 0.562. The maximum Gasteiger partial charge on any atom is 0.410 e. The molecule has 1 N–H and O–H groups in total. The first-order valence-corrected chi connectivity index (χ1v) is 8.89. The standard InChI is InChI=1S/C16H24Br2N2O3/c1-16(2,3)23-15(21)20(4)7-6-19-10-11-8-12(17)9-13(18)14(11)22-5/h8-9,19H,6-7,10H2,1-5H3. The molecule has 0 spiro atoms. The van der Waals surface area contributed by atoms with Gasteiger partial charge < -0.3 is 19.7 Å². The molecule has 0 saturated carbocycles. The van der Waals surface area contributed by atoms with Crippen molar-refractivity contribution in [1.29, 1.82) is 0 Å². The summed E-state index contributed by atoms with van der Waals surface area (Å²) < 4.78 is 12.6. The van der Waals surface area contributed by atoms with Crippen LogP contribution in [0, 0.1) is 0 Å². The highest BCUT2D eigenvalue weighted by molar-refractivity contribution is 9.11. The molecule has 0 saturated heterocycles. The van der Waals surface area contributed by atoms with Crippen LogP contribution in [0.5, 0.6) is 5.75 Å². The van der Waals surface area contributed by atoms with Crippen molar-refractivity contribution in [2.45, 2.75) is 32.9 Å². The number of carbonyl (C=O) groups is 1. The summed E-state index contributed by atoms with van der Waals surface area (Å²) in [6.45, 7) is 7.43. The van der Waals surface area contributed by atoms with Crippen molar-refractivity contribution in [1.82, 2.24) is 10.2 Å². The van der Waals surface area contributed by atoms with Crippen LogP contribution in [-0.4, -0.2) is 43.8 Å². The monoisotopic (exact) mass is 450 g/mol. The second-order valence-corrected chi connectivity index (χ2v) is 7.93. The Morgan fingerprint density at radius 3 is 2.52 bits per heavy atom. The molecule has 7 heteroatoms. The summed E-state index contributed by atoms with van der Waals surface area (Å²) in [5.41, 5.74) is 0.558. The molecule has 130 valence electrons. The van der Waals surface area contributed by atoms with E-state index in [1.807, 2.05) is 32.9 Å². The molecule has 0 bridgehead atoms. The van der Waals surface area contributed by atoms with Crippen molar-refractivity contribution < 1.29 is 14.3 Å². The van der Waals surface area contributed by atoms with E-state index >= 15 is 0 Å². The molecule has 0 unspecified atom stereocenters. The van der Waals surface area contributed by atoms with E-state index in [1.165, 1.54) is 0 Å². The highest BCUT2D eigenvalue weighted by Gasteiger charge is 2.19. The zero-order valence-corrected chi connectivity index (χ0v) is 17.4. The van der Waals surface area contributed by atoms with Crippen LogP contribution in [0.3, 0.4) is 0 Å². The Labute approximate surface area is 155 Å². The second-order valence-electron chi connectivity index (χ2n) is 6.16. The maximum absolute atomic E-state index is 11.9. The van der Waals surface area contributed by atoms with E-state index in [0.29, 0.717) is 19.6 Å². The smallest absolute Gasteiger partial charge is 0.410 e. The van der Waals surface area contributed by atoms with Crippen LogP contribution in [-0.2, 0) is 11.3 Å². The zero-order chi connectivity index (χ0) is 17.6. The van der Waals surface area contributed by atoms with Gasteiger partial charge in [-0.25, -0.2) is 4.79 Å². The summed E-state index contributed by atoms with van der Waals surface area (Å²) in [5, 5.41) is 3.31. The van der Waals surface area contributed by atoms with Crippen LogP contribution >= 0.6 is 31.9 Å². The number of amides is 1. The number of benzene rings is 1. The molecule has 1 amide bonds. The van der Waals surface area contributed by atoms with Crippen molar-refractivity contribution in [3.8, 4) is 5.75 Å². The van der Waals surface area contributed by atoms with Gasteiger partial charge in [0.2, 0.25) is 0 Å². The topological polar surface area (TPSA) is 50.8 Å². The minimum atomic E-state index is -0.477. The number of ether oxygens (including phenoxy) is 2. The first kappa shape index (κ1) is 20.3. The van der Waals surface area contributed by atoms with Crippen molar-refractivity contribution in [3.63, 3.8) is 0 Å². The molecule has 0 aliphatic rings. The van der Waals surface area contributed by atoms with E-state index < -0.39 is 5.60 Å². The Hall–Kier alpha value is -0.790. The molecule has 23 heavy (non-hydrogen) atoms. The van der Waals surface area contributed by atoms with Gasteiger partial charge in [0.1, 0.15) is 11.4 Å². The van der Waals surface area contributed by atoms with Crippen LogP contribution < -0.4 is 10.1 Å². The lowest BCUT2D eigenvalue weighted by Crippen LogP contribution is -2.37. The zero-order valence-electron chi connectivity index (χ0n) is 14.2. The Balaban J connectivity index is 2.48. The van der Waals surface area contributed by atoms with Crippen LogP contribution in [0.2, 0.25) is 0 Å². The van der Waals surface area contributed by atoms with E-state index in [2.05, 4.69) is 37.2 Å². The number of carbonyl (C=O) groups excluding carboxylic acids is 1. The lowest BCUT2D eigenvalue weighted by Gasteiger charge is -2.24. The van der Waals surface area contributed by atoms with E-state index in [9.17, 15) is 4.79 Å². The predicted octanol–water partition coefficient (Wildman–Crippen LogP) is 4.18. The van der Waals surface area contributed by atoms with Gasteiger partial charge in [-0.3, -0.25) is 0 Å². The molecule has 1 aromatic rings. The van der Waals surface area contributed by atoms with E-state index in [4.69, 9.17) is 9.47 Å². The minimum Gasteiger partial charge on any atom is -0.495 e. The number of methoxy groups -OCH3 is 1. The van der Waals surface area contributed by atoms with Gasteiger partial charge in [0.15, 0.2) is 0 Å². The van der Waals surface area contributed by atoms with Gasteiger partial charge in [0.05, 0.1) is 11.6 Å². The summed E-state index contributed by atoms with van der Waals surface area (Å²) in [7, 11) is 3.37. The molecule has 0 atom stereocenters. The van der Waals surface area contributed by atoms with Crippen molar-refractivity contribution in [2.24, 2.45) is 0 Å². The molecule has 0 fully saturated rings. The Morgan fingerprint density at radius 2 is 1.96 bits per heavy atom. The van der Waals surface area contributed by atoms with Crippen LogP contribution in [0.1, 0.15) is 26.3 Å². The van der Waals surface area contributed by atoms with Gasteiger partial charge in [-0.05, 0) is 48.8 Å². The third-order valence-corrected chi connectivity index (χ3v) is 3.98. The van der Waals surface area contributed by atoms with Crippen molar-refractivity contribution in [2.75, 3.05) is 27.2 Å². The highest BCUT2D eigenvalue weighted by Crippen LogP contribution is 2.32. The molecule has 1 rings (SSSR count). The molecular formula is C16H24Br2N2O3. The molecule has 0 radical (unpaired) electrons. The lowest BCUT2D eigenvalue weighted by atomic mass is 10.2. The lowest BCUT2D eigenvalue weighted by molar-refractivity contribution is 0.0300. The van der Waals surface area contributed by atoms with Crippen LogP contribution in [0.15, 0.2) is 21.1 Å². The fourth-order valence-electron chi connectivity index (χ4n) is 1.87. The van der Waals surface area contributed by atoms with E-state index in [1.54, 1.807) is 19.1 Å². The SMILES string of the molecule is COc1c(Br)cc(Br)cc1CNCCN(C)C(=O)OC(C)(C)C. The number of hydrogen-bond acceptors (Lipinski definition) is 4. The van der Waals surface area contributed by atoms with Gasteiger partial charge >= 0.3 is 6.09 Å². The summed E-state index contributed by atoms with van der Waals surface area (Å²) in [6, 6.07) is 3.95. The van der Waals surface area contributed by atoms with Gasteiger partial charge in [-0.2, -0.15) is 0 Å². The van der Waals surface area contributed by atoms with Crippen molar-refractivity contribution >= 4 is 38.0 Å². The normalized spacial score (nSPS) is 11.3. The highest BCUT2D eigenvalue weighted by atomic mass is 79.9. The van der Waals surface area contributed by atoms with Crippen LogP contribution in [0.4, 0.5) is 4.79 Å². The number of halogens is 2. The molecule has 0 aromatic heterocycles. The van der Waals surface area contributed by atoms with Gasteiger partial charge in [0.25, 0.3) is 0 Å². The van der Waals surface area contributed by atoms with E-state index in [-0.39, 0.29) is 6.09 Å². The Kier molecular flexibility index (Phi) is 7.83. The summed E-state index contributed by atoms with van der Waals surface area (Å²) >= 11 is 6.96. The Bertz CT molecular complexity index is 545. The minimum absolute atomic E-state index is 0.318. The summed E-state index contributed by atoms with van der Waals surface area (Å²) in [6.07, 6.45) is -0.318. The fourth-order valence-corrected chi connectivity index (χ4v) is 3.35. The van der Waals surface area contributed by atoms with Gasteiger partial charge in [-0.1, -0.05) is 15.9 Å². The first-order chi connectivity index (χ1) is 10.6. The molecule has 1 aromatic carbocycles. The van der Waals surface area contributed by atoms with E-state index in [0.717, 1.165) is 20.3 Å². The van der Waals surface area contributed by atoms with Gasteiger partial charge in [-0.15, -0.1) is 0 Å². The third kappa shape index (κ3) is 7.10. The average molecular weight is 452 g/mol. The van der Waals surface area contributed by atoms with Crippen molar-refractivity contribution in [3.05, 3.63) is 26.6 Å². The van der Waals surface area contributed by atoms with Gasteiger partial charge in [0, 0.05) is 36.7 Å². The molecule has 0 aliphatic heterocycles. The molecular weight excluding hydrogens is 428 g/mol. The molecule has 0 heterocycles. The average Bonchev–Trinajstić information content (AvgIpc) is 2.41. The largest absolute Gasteiger partial charge is 0.495 e. The first-order valence-electron chi connectivity index (χ1n) is 7.31. The molecule has 5 nitrogen and oxygen atoms in total. The second kappa shape index (κ2) is 8.89. The number of rotatable bonds is 6. The number of likely N-dealkylation sites (N-methyl/N-ethyl adjacent to an activating group) is 1. The maximum atomic E-state index is 11.9. The number of nitrogens with one attached hydrogen (secondary N) is 1. The predicted molar refractivity (Wildman–Crippen MR) is 99.0 cm³/mol. The Morgan fingerprint density at radius 1 is 1.30 bits per heavy atom. The molecule has 0 aliphatic carbocycles. The third-order valence-electron chi connectivity index (χ3n) is 2.93. The number of hydrogen-bond donors (Lipinski definition) is 1. The quantitative estimate of drug-likeness (QED) is 0.659. The summed E-state index contributed by atoms with van der Waals surface area (Å²) in [4.78, 5) is 13.4. The van der Waals surface area contributed by atoms with Crippen LogP contribution in [0.25, 0.3) is 0 Å². The summed E-state index contributed by atoms with van der Waals surface area (Å²) in [5.74, 6) is 0.807.